The Balaban J connectivity index is 2.01. The molecule has 2 rings (SSSR count). The molecule has 1 aromatic carbocycles. The highest BCUT2D eigenvalue weighted by atomic mass is 19.1. The van der Waals surface area contributed by atoms with Crippen molar-refractivity contribution in [3.05, 3.63) is 53.2 Å². The van der Waals surface area contributed by atoms with E-state index >= 15 is 0 Å². The Morgan fingerprint density at radius 3 is 2.71 bits per heavy atom. The lowest BCUT2D eigenvalue weighted by atomic mass is 10.1. The first-order valence-electron chi connectivity index (χ1n) is 7.04. The van der Waals surface area contributed by atoms with Crippen molar-refractivity contribution < 1.29 is 13.5 Å². The second kappa shape index (κ2) is 6.31. The maximum atomic E-state index is 13.2. The van der Waals surface area contributed by atoms with Crippen molar-refractivity contribution in [1.82, 2.24) is 5.32 Å². The van der Waals surface area contributed by atoms with E-state index in [-0.39, 0.29) is 11.4 Å². The summed E-state index contributed by atoms with van der Waals surface area (Å²) in [5.41, 5.74) is 1.90. The van der Waals surface area contributed by atoms with Crippen LogP contribution in [0.5, 0.6) is 5.75 Å². The van der Waals surface area contributed by atoms with Crippen LogP contribution in [0.15, 0.2) is 34.9 Å². The smallest absolute Gasteiger partial charge is 0.126 e. The molecule has 0 bridgehead atoms. The highest BCUT2D eigenvalue weighted by Gasteiger charge is 2.13. The normalized spacial score (nSPS) is 11.7. The predicted octanol–water partition coefficient (Wildman–Crippen LogP) is 4.19. The topological polar surface area (TPSA) is 34.4 Å². The van der Waals surface area contributed by atoms with E-state index in [0.717, 1.165) is 16.9 Å². The molecule has 2 aromatic rings. The van der Waals surface area contributed by atoms with Gasteiger partial charge in [0.05, 0.1) is 12.8 Å². The summed E-state index contributed by atoms with van der Waals surface area (Å²) < 4.78 is 24.4. The second-order valence-corrected chi connectivity index (χ2v) is 6.17. The highest BCUT2D eigenvalue weighted by molar-refractivity contribution is 5.33. The highest BCUT2D eigenvalue weighted by Crippen LogP contribution is 2.21. The number of aryl methyl sites for hydroxylation is 1. The van der Waals surface area contributed by atoms with Gasteiger partial charge in [-0.05, 0) is 45.4 Å². The van der Waals surface area contributed by atoms with E-state index in [9.17, 15) is 4.39 Å². The maximum Gasteiger partial charge on any atom is 0.126 e. The number of nitrogens with one attached hydrogen (secondary N) is 1. The number of ether oxygens (including phenoxy) is 1. The van der Waals surface area contributed by atoms with Crippen molar-refractivity contribution in [2.75, 3.05) is 0 Å². The molecule has 0 aliphatic carbocycles. The molecule has 1 N–H and O–H groups in total. The Kier molecular flexibility index (Phi) is 4.68. The van der Waals surface area contributed by atoms with Crippen LogP contribution in [0.3, 0.4) is 0 Å². The lowest BCUT2D eigenvalue weighted by Gasteiger charge is -2.20. The third-order valence-electron chi connectivity index (χ3n) is 3.15. The van der Waals surface area contributed by atoms with Crippen LogP contribution < -0.4 is 10.1 Å². The zero-order valence-corrected chi connectivity index (χ0v) is 13.0. The molecule has 0 aliphatic rings. The molecule has 0 saturated heterocycles. The monoisotopic (exact) mass is 291 g/mol. The van der Waals surface area contributed by atoms with Gasteiger partial charge in [-0.2, -0.15) is 0 Å². The molecule has 3 nitrogen and oxygen atoms in total. The molecular formula is C17H22FNO2. The van der Waals surface area contributed by atoms with Crippen LogP contribution in [0.4, 0.5) is 4.39 Å². The lowest BCUT2D eigenvalue weighted by Crippen LogP contribution is -2.35. The number of hydrogen-bond acceptors (Lipinski definition) is 3. The summed E-state index contributed by atoms with van der Waals surface area (Å²) in [7, 11) is 0. The van der Waals surface area contributed by atoms with E-state index in [1.165, 1.54) is 12.1 Å². The first-order chi connectivity index (χ1) is 9.85. The summed E-state index contributed by atoms with van der Waals surface area (Å²) in [5.74, 6) is 1.11. The molecule has 0 fully saturated rings. The largest absolute Gasteiger partial charge is 0.488 e. The van der Waals surface area contributed by atoms with Gasteiger partial charge in [-0.15, -0.1) is 0 Å². The molecule has 0 amide bonds. The van der Waals surface area contributed by atoms with Gasteiger partial charge in [0.2, 0.25) is 0 Å². The van der Waals surface area contributed by atoms with Crippen LogP contribution >= 0.6 is 0 Å². The van der Waals surface area contributed by atoms with Crippen molar-refractivity contribution in [3.63, 3.8) is 0 Å². The molecule has 114 valence electrons. The Labute approximate surface area is 125 Å². The number of furan rings is 1. The molecule has 0 spiro atoms. The fraction of sp³-hybridized carbons (Fsp3) is 0.412. The quantitative estimate of drug-likeness (QED) is 0.896. The van der Waals surface area contributed by atoms with Gasteiger partial charge in [-0.25, -0.2) is 4.39 Å². The van der Waals surface area contributed by atoms with Gasteiger partial charge in [-0.3, -0.25) is 0 Å². The molecule has 0 radical (unpaired) electrons. The van der Waals surface area contributed by atoms with Crippen molar-refractivity contribution in [2.24, 2.45) is 0 Å². The average Bonchev–Trinajstić information content (AvgIpc) is 2.84. The molecule has 4 heteroatoms. The third kappa shape index (κ3) is 4.60. The number of hydrogen-bond donors (Lipinski definition) is 1. The first kappa shape index (κ1) is 15.6. The maximum absolute atomic E-state index is 13.2. The predicted molar refractivity (Wildman–Crippen MR) is 80.8 cm³/mol. The molecule has 1 heterocycles. The van der Waals surface area contributed by atoms with Crippen LogP contribution in [0.2, 0.25) is 0 Å². The van der Waals surface area contributed by atoms with Crippen LogP contribution in [-0.2, 0) is 13.2 Å². The molecule has 0 atom stereocenters. The van der Waals surface area contributed by atoms with Gasteiger partial charge >= 0.3 is 0 Å². The minimum absolute atomic E-state index is 0.0179. The molecular weight excluding hydrogens is 269 g/mol. The summed E-state index contributed by atoms with van der Waals surface area (Å²) in [6.07, 6.45) is 1.65. The number of halogens is 1. The zero-order chi connectivity index (χ0) is 15.5. The average molecular weight is 291 g/mol. The first-order valence-corrected chi connectivity index (χ1v) is 7.04. The fourth-order valence-corrected chi connectivity index (χ4v) is 1.88. The van der Waals surface area contributed by atoms with E-state index in [1.807, 2.05) is 13.0 Å². The third-order valence-corrected chi connectivity index (χ3v) is 3.15. The van der Waals surface area contributed by atoms with Crippen LogP contribution in [-0.4, -0.2) is 5.54 Å². The second-order valence-electron chi connectivity index (χ2n) is 6.17. The van der Waals surface area contributed by atoms with Crippen LogP contribution in [0.1, 0.15) is 37.7 Å². The summed E-state index contributed by atoms with van der Waals surface area (Å²) in [6, 6.07) is 6.43. The van der Waals surface area contributed by atoms with Gasteiger partial charge in [0.25, 0.3) is 0 Å². The number of rotatable bonds is 5. The van der Waals surface area contributed by atoms with Crippen molar-refractivity contribution >= 4 is 0 Å². The fourth-order valence-electron chi connectivity index (χ4n) is 1.88. The summed E-state index contributed by atoms with van der Waals surface area (Å²) >= 11 is 0. The molecule has 0 unspecified atom stereocenters. The standard InChI is InChI=1S/C17H22FNO2/c1-12-5-6-14(18)9-15(12)21-11-13-7-8-20-16(13)10-19-17(2,3)4/h5-9,19H,10-11H2,1-4H3. The van der Waals surface area contributed by atoms with E-state index in [1.54, 1.807) is 12.3 Å². The summed E-state index contributed by atoms with van der Waals surface area (Å²) in [4.78, 5) is 0. The van der Waals surface area contributed by atoms with Crippen molar-refractivity contribution in [2.45, 2.75) is 46.4 Å². The minimum Gasteiger partial charge on any atom is -0.488 e. The van der Waals surface area contributed by atoms with Crippen molar-refractivity contribution in [3.8, 4) is 5.75 Å². The SMILES string of the molecule is Cc1ccc(F)cc1OCc1ccoc1CNC(C)(C)C. The Morgan fingerprint density at radius 2 is 2.00 bits per heavy atom. The van der Waals surface area contributed by atoms with E-state index in [2.05, 4.69) is 26.1 Å². The molecule has 0 saturated carbocycles. The van der Waals surface area contributed by atoms with E-state index in [0.29, 0.717) is 18.9 Å². The Morgan fingerprint density at radius 1 is 1.24 bits per heavy atom. The van der Waals surface area contributed by atoms with Gasteiger partial charge in [0.1, 0.15) is 23.9 Å². The summed E-state index contributed by atoms with van der Waals surface area (Å²) in [5, 5.41) is 3.37. The molecule has 1 aromatic heterocycles. The van der Waals surface area contributed by atoms with Gasteiger partial charge < -0.3 is 14.5 Å². The molecule has 21 heavy (non-hydrogen) atoms. The molecule has 0 aliphatic heterocycles. The van der Waals surface area contributed by atoms with E-state index < -0.39 is 0 Å². The summed E-state index contributed by atoms with van der Waals surface area (Å²) in [6.45, 7) is 9.19. The lowest BCUT2D eigenvalue weighted by molar-refractivity contribution is 0.295. The minimum atomic E-state index is -0.294. The number of benzene rings is 1. The van der Waals surface area contributed by atoms with Crippen LogP contribution in [0, 0.1) is 12.7 Å². The Bertz CT molecular complexity index is 599. The zero-order valence-electron chi connectivity index (χ0n) is 13.0. The Hall–Kier alpha value is -1.81. The van der Waals surface area contributed by atoms with E-state index in [4.69, 9.17) is 9.15 Å². The van der Waals surface area contributed by atoms with Gasteiger partial charge in [0.15, 0.2) is 0 Å². The van der Waals surface area contributed by atoms with Gasteiger partial charge in [0, 0.05) is 17.2 Å². The van der Waals surface area contributed by atoms with Crippen LogP contribution in [0.25, 0.3) is 0 Å². The van der Waals surface area contributed by atoms with Gasteiger partial charge in [-0.1, -0.05) is 6.07 Å². The van der Waals surface area contributed by atoms with Crippen molar-refractivity contribution in [1.29, 1.82) is 0 Å².